The Morgan fingerprint density at radius 2 is 1.52 bits per heavy atom. The maximum Gasteiger partial charge on any atom is 0.258 e. The third kappa shape index (κ3) is 5.93. The van der Waals surface area contributed by atoms with Crippen LogP contribution in [0.1, 0.15) is 45.1 Å². The molecule has 48 heavy (non-hydrogen) atoms. The van der Waals surface area contributed by atoms with Gasteiger partial charge in [-0.25, -0.2) is 0 Å². The number of aromatic amines is 1. The maximum atomic E-state index is 14.1. The first kappa shape index (κ1) is 31.2. The van der Waals surface area contributed by atoms with Crippen molar-refractivity contribution in [1.29, 1.82) is 0 Å². The van der Waals surface area contributed by atoms with E-state index in [1.54, 1.807) is 11.6 Å². The number of hydrogen-bond acceptors (Lipinski definition) is 3. The van der Waals surface area contributed by atoms with Crippen LogP contribution < -0.4 is 10.9 Å². The molecule has 1 unspecified atom stereocenters. The highest BCUT2D eigenvalue weighted by atomic mass is 79.9. The van der Waals surface area contributed by atoms with Crippen molar-refractivity contribution in [3.63, 3.8) is 0 Å². The Kier molecular flexibility index (Phi) is 8.70. The van der Waals surface area contributed by atoms with Gasteiger partial charge < -0.3 is 20.0 Å². The Morgan fingerprint density at radius 1 is 0.833 bits per heavy atom. The van der Waals surface area contributed by atoms with Gasteiger partial charge in [0.25, 0.3) is 11.5 Å². The van der Waals surface area contributed by atoms with Crippen LogP contribution in [0.5, 0.6) is 5.75 Å². The van der Waals surface area contributed by atoms with Crippen molar-refractivity contribution in [2.75, 3.05) is 6.54 Å². The summed E-state index contributed by atoms with van der Waals surface area (Å²) >= 11 is 3.62. The number of fused-ring (bicyclic) bond motifs is 2. The van der Waals surface area contributed by atoms with Crippen molar-refractivity contribution in [3.05, 3.63) is 170 Å². The molecule has 238 valence electrons. The lowest BCUT2D eigenvalue weighted by Crippen LogP contribution is -2.26. The number of carbonyl (C=O) groups is 1. The molecule has 0 aliphatic carbocycles. The molecule has 1 amide bonds. The number of H-pyrrole nitrogens is 1. The van der Waals surface area contributed by atoms with Gasteiger partial charge in [0.05, 0.1) is 17.0 Å². The largest absolute Gasteiger partial charge is 0.507 e. The highest BCUT2D eigenvalue weighted by Gasteiger charge is 2.30. The number of nitrogens with zero attached hydrogens (tertiary/aromatic N) is 1. The molecule has 5 aromatic carbocycles. The number of amides is 1. The molecule has 0 aliphatic rings. The van der Waals surface area contributed by atoms with Gasteiger partial charge in [-0.15, -0.1) is 0 Å². The number of aromatic nitrogens is 2. The van der Waals surface area contributed by atoms with Crippen LogP contribution in [0.25, 0.3) is 32.9 Å². The molecule has 7 heteroatoms. The van der Waals surface area contributed by atoms with Crippen LogP contribution in [0.15, 0.2) is 137 Å². The van der Waals surface area contributed by atoms with E-state index in [4.69, 9.17) is 0 Å². The van der Waals surface area contributed by atoms with E-state index in [0.717, 1.165) is 43.3 Å². The molecule has 0 fully saturated rings. The second-order valence-corrected chi connectivity index (χ2v) is 12.9. The van der Waals surface area contributed by atoms with Gasteiger partial charge in [-0.2, -0.15) is 0 Å². The molecule has 7 rings (SSSR count). The molecular formula is C41H34BrN3O3. The van der Waals surface area contributed by atoms with Crippen LogP contribution in [0, 0.1) is 0 Å². The molecule has 2 aromatic heterocycles. The molecule has 2 heterocycles. The number of hydrogen-bond donors (Lipinski definition) is 3. The lowest BCUT2D eigenvalue weighted by Gasteiger charge is -2.22. The van der Waals surface area contributed by atoms with Crippen LogP contribution in [0.2, 0.25) is 0 Å². The van der Waals surface area contributed by atoms with E-state index in [1.165, 1.54) is 0 Å². The molecule has 0 saturated carbocycles. The van der Waals surface area contributed by atoms with E-state index in [-0.39, 0.29) is 17.2 Å². The molecule has 0 aliphatic heterocycles. The van der Waals surface area contributed by atoms with Crippen molar-refractivity contribution >= 4 is 43.6 Å². The van der Waals surface area contributed by atoms with Crippen LogP contribution in [0.4, 0.5) is 0 Å². The summed E-state index contributed by atoms with van der Waals surface area (Å²) in [4.78, 5) is 30.8. The van der Waals surface area contributed by atoms with Gasteiger partial charge in [-0.3, -0.25) is 9.59 Å². The first-order valence-electron chi connectivity index (χ1n) is 16.0. The van der Waals surface area contributed by atoms with Crippen molar-refractivity contribution in [1.82, 2.24) is 14.9 Å². The van der Waals surface area contributed by atoms with Gasteiger partial charge in [0.2, 0.25) is 0 Å². The highest BCUT2D eigenvalue weighted by Crippen LogP contribution is 2.41. The molecule has 0 bridgehead atoms. The fourth-order valence-corrected chi connectivity index (χ4v) is 7.09. The number of para-hydroxylation sites is 2. The average molecular weight is 697 g/mol. The fourth-order valence-electron chi connectivity index (χ4n) is 6.68. The normalized spacial score (nSPS) is 12.0. The smallest absolute Gasteiger partial charge is 0.258 e. The summed E-state index contributed by atoms with van der Waals surface area (Å²) in [5.74, 6) is -0.717. The topological polar surface area (TPSA) is 87.1 Å². The van der Waals surface area contributed by atoms with Crippen molar-refractivity contribution in [3.8, 4) is 16.9 Å². The average Bonchev–Trinajstić information content (AvgIpc) is 3.49. The minimum atomic E-state index is -0.578. The lowest BCUT2D eigenvalue weighted by molar-refractivity contribution is 0.0953. The maximum absolute atomic E-state index is 14.1. The number of aryl methyl sites for hydroxylation is 2. The van der Waals surface area contributed by atoms with Crippen LogP contribution in [-0.4, -0.2) is 27.1 Å². The Labute approximate surface area is 286 Å². The minimum Gasteiger partial charge on any atom is -0.507 e. The molecular weight excluding hydrogens is 662 g/mol. The molecule has 7 aromatic rings. The summed E-state index contributed by atoms with van der Waals surface area (Å²) in [6.07, 6.45) is 1.32. The zero-order valence-corrected chi connectivity index (χ0v) is 28.0. The number of benzene rings is 5. The lowest BCUT2D eigenvalue weighted by atomic mass is 9.85. The Hall–Kier alpha value is -5.40. The predicted octanol–water partition coefficient (Wildman–Crippen LogP) is 8.70. The molecule has 6 nitrogen and oxygen atoms in total. The van der Waals surface area contributed by atoms with E-state index in [1.807, 2.05) is 109 Å². The number of rotatable bonds is 9. The van der Waals surface area contributed by atoms with Gasteiger partial charge in [0.15, 0.2) is 0 Å². The number of nitrogens with one attached hydrogen (secondary N) is 2. The van der Waals surface area contributed by atoms with Crippen LogP contribution >= 0.6 is 15.9 Å². The van der Waals surface area contributed by atoms with Crippen LogP contribution in [0.3, 0.4) is 0 Å². The van der Waals surface area contributed by atoms with E-state index < -0.39 is 5.92 Å². The zero-order chi connectivity index (χ0) is 33.2. The quantitative estimate of drug-likeness (QED) is 0.132. The van der Waals surface area contributed by atoms with Gasteiger partial charge in [0, 0.05) is 45.6 Å². The Bertz CT molecular complexity index is 2320. The zero-order valence-electron chi connectivity index (χ0n) is 26.4. The summed E-state index contributed by atoms with van der Waals surface area (Å²) in [6, 6.07) is 41.1. The second-order valence-electron chi connectivity index (χ2n) is 12.0. The Balaban J connectivity index is 1.22. The van der Waals surface area contributed by atoms with E-state index in [2.05, 4.69) is 44.4 Å². The third-order valence-electron chi connectivity index (χ3n) is 9.06. The van der Waals surface area contributed by atoms with Crippen molar-refractivity contribution in [2.45, 2.75) is 18.8 Å². The number of aromatic hydroxyl groups is 1. The summed E-state index contributed by atoms with van der Waals surface area (Å²) in [5.41, 5.74) is 7.21. The Morgan fingerprint density at radius 3 is 2.29 bits per heavy atom. The standard InChI is InChI=1S/C41H34BrN3O3/c1-45-35-19-8-6-16-33(35)39(46)37(41(45)48)36(29-13-9-14-30(42)25-29)38-32(31-15-5-7-18-34(31)44-38)17-10-24-43-40(47)28-22-20-27(21-23-28)26-11-3-2-4-12-26/h2-9,11-16,18-23,25,36,44,46H,10,17,24H2,1H3,(H,43,47). The molecule has 0 spiro atoms. The van der Waals surface area contributed by atoms with Crippen molar-refractivity contribution in [2.24, 2.45) is 7.05 Å². The number of carbonyl (C=O) groups excluding carboxylic acids is 1. The molecule has 0 radical (unpaired) electrons. The molecule has 3 N–H and O–H groups in total. The fraction of sp³-hybridized carbons (Fsp3) is 0.122. The van der Waals surface area contributed by atoms with Gasteiger partial charge >= 0.3 is 0 Å². The van der Waals surface area contributed by atoms with Gasteiger partial charge in [0.1, 0.15) is 5.75 Å². The van der Waals surface area contributed by atoms with Crippen LogP contribution in [-0.2, 0) is 13.5 Å². The monoisotopic (exact) mass is 695 g/mol. The van der Waals surface area contributed by atoms with Crippen molar-refractivity contribution < 1.29 is 9.90 Å². The van der Waals surface area contributed by atoms with Gasteiger partial charge in [-0.05, 0) is 77.6 Å². The summed E-state index contributed by atoms with van der Waals surface area (Å²) in [5, 5.41) is 16.5. The molecule has 1 atom stereocenters. The highest BCUT2D eigenvalue weighted by molar-refractivity contribution is 9.10. The summed E-state index contributed by atoms with van der Waals surface area (Å²) in [7, 11) is 1.75. The summed E-state index contributed by atoms with van der Waals surface area (Å²) in [6.45, 7) is 0.475. The van der Waals surface area contributed by atoms with E-state index in [0.29, 0.717) is 41.4 Å². The van der Waals surface area contributed by atoms with E-state index in [9.17, 15) is 14.7 Å². The van der Waals surface area contributed by atoms with E-state index >= 15 is 0 Å². The summed E-state index contributed by atoms with van der Waals surface area (Å²) < 4.78 is 2.49. The molecule has 0 saturated heterocycles. The third-order valence-corrected chi connectivity index (χ3v) is 9.55. The number of pyridine rings is 1. The minimum absolute atomic E-state index is 0.0196. The first-order valence-corrected chi connectivity index (χ1v) is 16.8. The first-order chi connectivity index (χ1) is 23.4. The number of halogens is 1. The predicted molar refractivity (Wildman–Crippen MR) is 197 cm³/mol. The second kappa shape index (κ2) is 13.4. The van der Waals surface area contributed by atoms with Gasteiger partial charge in [-0.1, -0.05) is 101 Å². The SMILES string of the molecule is Cn1c(=O)c(C(c2cccc(Br)c2)c2[nH]c3ccccc3c2CCCNC(=O)c2ccc(-c3ccccc3)cc2)c(O)c2ccccc21.